The number of carbonyl (C=O) groups is 3. The molecule has 0 aromatic heterocycles. The highest BCUT2D eigenvalue weighted by Crippen LogP contribution is 2.30. The zero-order valence-electron chi connectivity index (χ0n) is 15.6. The fraction of sp³-hybridized carbons (Fsp3) is 0.833. The molecule has 0 saturated heterocycles. The van der Waals surface area contributed by atoms with Crippen LogP contribution in [-0.4, -0.2) is 54.4 Å². The Morgan fingerprint density at radius 3 is 1.42 bits per heavy atom. The maximum atomic E-state index is 11.1. The first-order valence-corrected chi connectivity index (χ1v) is 8.92. The summed E-state index contributed by atoms with van der Waals surface area (Å²) in [5.74, 6) is -0.899. The number of methoxy groups -OCH3 is 2. The molecule has 152 valence electrons. The average molecular weight is 376 g/mol. The van der Waals surface area contributed by atoms with Crippen LogP contribution in [0.5, 0.6) is 0 Å². The summed E-state index contributed by atoms with van der Waals surface area (Å²) in [4.78, 5) is 32.7. The molecular weight excluding hydrogens is 344 g/mol. The lowest BCUT2D eigenvalue weighted by atomic mass is 9.82. The summed E-state index contributed by atoms with van der Waals surface area (Å²) in [5, 5.41) is 17.6. The fourth-order valence-electron chi connectivity index (χ4n) is 3.49. The number of rotatable bonds is 4. The largest absolute Gasteiger partial charge is 0.481 e. The van der Waals surface area contributed by atoms with Crippen LogP contribution in [0.15, 0.2) is 0 Å². The number of aliphatic carboxylic acids is 1. The number of ether oxygens (including phenoxy) is 2. The maximum absolute atomic E-state index is 11.1. The molecule has 0 atom stereocenters. The standard InChI is InChI=1S/C9H14O4.C9H16O3.H2O/c1-13-9(12)7-4-2-6(3-5-7)8(10)11;1-12-9(11)8-4-2-7(6-10)3-5-8;/h6-7H,2-5H2,1H3,(H,10,11);7-8,10H,2-6H2,1H3;1H2. The smallest absolute Gasteiger partial charge is 0.308 e. The zero-order valence-corrected chi connectivity index (χ0v) is 15.6. The van der Waals surface area contributed by atoms with Crippen LogP contribution in [0.4, 0.5) is 0 Å². The molecule has 0 unspecified atom stereocenters. The third kappa shape index (κ3) is 7.70. The van der Waals surface area contributed by atoms with Crippen LogP contribution in [0.3, 0.4) is 0 Å². The van der Waals surface area contributed by atoms with Gasteiger partial charge in [-0.1, -0.05) is 0 Å². The number of aliphatic hydroxyl groups excluding tert-OH is 1. The second kappa shape index (κ2) is 12.6. The summed E-state index contributed by atoms with van der Waals surface area (Å²) in [7, 11) is 2.80. The lowest BCUT2D eigenvalue weighted by Gasteiger charge is -2.25. The molecule has 0 aliphatic heterocycles. The minimum absolute atomic E-state index is 0. The molecule has 4 N–H and O–H groups in total. The Bertz CT molecular complexity index is 434. The molecule has 0 bridgehead atoms. The van der Waals surface area contributed by atoms with Gasteiger partial charge >= 0.3 is 17.9 Å². The van der Waals surface area contributed by atoms with E-state index in [2.05, 4.69) is 9.47 Å². The molecule has 2 saturated carbocycles. The van der Waals surface area contributed by atoms with Crippen molar-refractivity contribution in [2.24, 2.45) is 23.7 Å². The van der Waals surface area contributed by atoms with Gasteiger partial charge in [0.2, 0.25) is 0 Å². The summed E-state index contributed by atoms with van der Waals surface area (Å²) >= 11 is 0. The monoisotopic (exact) mass is 376 g/mol. The predicted octanol–water partition coefficient (Wildman–Crippen LogP) is 1.18. The second-order valence-corrected chi connectivity index (χ2v) is 6.83. The van der Waals surface area contributed by atoms with E-state index in [-0.39, 0.29) is 41.8 Å². The van der Waals surface area contributed by atoms with Crippen molar-refractivity contribution in [3.05, 3.63) is 0 Å². The molecule has 26 heavy (non-hydrogen) atoms. The molecule has 0 spiro atoms. The van der Waals surface area contributed by atoms with E-state index in [9.17, 15) is 14.4 Å². The molecule has 0 heterocycles. The highest BCUT2D eigenvalue weighted by Gasteiger charge is 2.30. The Kier molecular flexibility index (Phi) is 11.8. The van der Waals surface area contributed by atoms with Gasteiger partial charge in [0.05, 0.1) is 32.0 Å². The van der Waals surface area contributed by atoms with E-state index in [4.69, 9.17) is 10.2 Å². The average Bonchev–Trinajstić information content (AvgIpc) is 2.67. The van der Waals surface area contributed by atoms with Gasteiger partial charge in [0.15, 0.2) is 0 Å². The van der Waals surface area contributed by atoms with Crippen LogP contribution in [0.25, 0.3) is 0 Å². The van der Waals surface area contributed by atoms with Crippen molar-refractivity contribution < 1.29 is 39.5 Å². The summed E-state index contributed by atoms with van der Waals surface area (Å²) in [6, 6.07) is 0. The first-order chi connectivity index (χ1) is 11.9. The number of carboxylic acid groups (broad SMARTS) is 1. The van der Waals surface area contributed by atoms with Crippen LogP contribution >= 0.6 is 0 Å². The highest BCUT2D eigenvalue weighted by atomic mass is 16.5. The number of carbonyl (C=O) groups excluding carboxylic acids is 2. The van der Waals surface area contributed by atoms with E-state index in [0.29, 0.717) is 31.6 Å². The van der Waals surface area contributed by atoms with Crippen molar-refractivity contribution in [1.29, 1.82) is 0 Å². The third-order valence-electron chi connectivity index (χ3n) is 5.25. The van der Waals surface area contributed by atoms with Crippen LogP contribution in [0.1, 0.15) is 51.4 Å². The van der Waals surface area contributed by atoms with Crippen molar-refractivity contribution in [1.82, 2.24) is 0 Å². The number of hydrogen-bond donors (Lipinski definition) is 2. The topological polar surface area (TPSA) is 142 Å². The van der Waals surface area contributed by atoms with Gasteiger partial charge in [0.25, 0.3) is 0 Å². The molecule has 0 aromatic carbocycles. The maximum Gasteiger partial charge on any atom is 0.308 e. The van der Waals surface area contributed by atoms with Crippen molar-refractivity contribution in [3.63, 3.8) is 0 Å². The normalized spacial score (nSPS) is 27.8. The Morgan fingerprint density at radius 2 is 1.12 bits per heavy atom. The Balaban J connectivity index is 0.000000464. The SMILES string of the molecule is COC(=O)C1CCC(C(=O)O)CC1.COC(=O)C1CCC(CO)CC1.O. The van der Waals surface area contributed by atoms with E-state index in [1.807, 2.05) is 0 Å². The van der Waals surface area contributed by atoms with Gasteiger partial charge in [-0.25, -0.2) is 0 Å². The van der Waals surface area contributed by atoms with Crippen molar-refractivity contribution >= 4 is 17.9 Å². The number of carboxylic acids is 1. The molecule has 2 rings (SSSR count). The first kappa shape index (κ1) is 24.3. The molecule has 2 fully saturated rings. The molecule has 0 amide bonds. The molecule has 2 aliphatic rings. The summed E-state index contributed by atoms with van der Waals surface area (Å²) in [6.07, 6.45) is 6.12. The van der Waals surface area contributed by atoms with Crippen LogP contribution in [0, 0.1) is 23.7 Å². The summed E-state index contributed by atoms with van der Waals surface area (Å²) < 4.78 is 9.26. The van der Waals surface area contributed by atoms with E-state index in [1.54, 1.807) is 0 Å². The van der Waals surface area contributed by atoms with Gasteiger partial charge in [-0.2, -0.15) is 0 Å². The zero-order chi connectivity index (χ0) is 18.8. The fourth-order valence-corrected chi connectivity index (χ4v) is 3.49. The quantitative estimate of drug-likeness (QED) is 0.702. The minimum Gasteiger partial charge on any atom is -0.481 e. The van der Waals surface area contributed by atoms with Crippen LogP contribution < -0.4 is 0 Å². The molecule has 8 nitrogen and oxygen atoms in total. The third-order valence-corrected chi connectivity index (χ3v) is 5.25. The van der Waals surface area contributed by atoms with E-state index >= 15 is 0 Å². The lowest BCUT2D eigenvalue weighted by Crippen LogP contribution is -2.26. The van der Waals surface area contributed by atoms with Crippen LogP contribution in [-0.2, 0) is 23.9 Å². The van der Waals surface area contributed by atoms with Gasteiger partial charge in [0, 0.05) is 6.61 Å². The molecular formula is C18H32O8. The van der Waals surface area contributed by atoms with Gasteiger partial charge in [-0.15, -0.1) is 0 Å². The first-order valence-electron chi connectivity index (χ1n) is 8.92. The van der Waals surface area contributed by atoms with Crippen molar-refractivity contribution in [3.8, 4) is 0 Å². The second-order valence-electron chi connectivity index (χ2n) is 6.83. The Hall–Kier alpha value is -1.67. The summed E-state index contributed by atoms with van der Waals surface area (Å²) in [6.45, 7) is 0.258. The predicted molar refractivity (Wildman–Crippen MR) is 93.3 cm³/mol. The molecule has 8 heteroatoms. The molecule has 2 aliphatic carbocycles. The van der Waals surface area contributed by atoms with E-state index < -0.39 is 5.97 Å². The number of aliphatic hydroxyl groups is 1. The van der Waals surface area contributed by atoms with E-state index in [1.165, 1.54) is 14.2 Å². The Labute approximate surface area is 154 Å². The van der Waals surface area contributed by atoms with E-state index in [0.717, 1.165) is 25.7 Å². The van der Waals surface area contributed by atoms with Gasteiger partial charge in [-0.3, -0.25) is 14.4 Å². The lowest BCUT2D eigenvalue weighted by molar-refractivity contribution is -0.150. The summed E-state index contributed by atoms with van der Waals surface area (Å²) in [5.41, 5.74) is 0. The molecule has 0 radical (unpaired) electrons. The molecule has 0 aromatic rings. The van der Waals surface area contributed by atoms with Crippen molar-refractivity contribution in [2.45, 2.75) is 51.4 Å². The number of hydrogen-bond acceptors (Lipinski definition) is 6. The number of esters is 2. The van der Waals surface area contributed by atoms with Gasteiger partial charge in [0.1, 0.15) is 0 Å². The van der Waals surface area contributed by atoms with Gasteiger partial charge < -0.3 is 25.2 Å². The highest BCUT2D eigenvalue weighted by molar-refractivity contribution is 5.74. The van der Waals surface area contributed by atoms with Gasteiger partial charge in [-0.05, 0) is 57.3 Å². The Morgan fingerprint density at radius 1 is 0.769 bits per heavy atom. The minimum atomic E-state index is -0.747. The van der Waals surface area contributed by atoms with Crippen molar-refractivity contribution in [2.75, 3.05) is 20.8 Å². The van der Waals surface area contributed by atoms with Crippen LogP contribution in [0.2, 0.25) is 0 Å².